The van der Waals surface area contributed by atoms with Gasteiger partial charge in [-0.1, -0.05) is 113 Å². The molecule has 1 aliphatic heterocycles. The third kappa shape index (κ3) is 30.2. The van der Waals surface area contributed by atoms with E-state index in [0.29, 0.717) is 68.1 Å². The number of nitrogens with one attached hydrogen (secondary N) is 12. The van der Waals surface area contributed by atoms with Gasteiger partial charge in [-0.25, -0.2) is 4.79 Å². The Balaban J connectivity index is 1.45. The number of aromatic hydroxyl groups is 1. The molecular formula is C78H117N17O15. The predicted octanol–water partition coefficient (Wildman–Crippen LogP) is 1.42. The van der Waals surface area contributed by atoms with E-state index in [2.05, 4.69) is 68.5 Å². The van der Waals surface area contributed by atoms with Crippen LogP contribution in [0.4, 0.5) is 0 Å². The van der Waals surface area contributed by atoms with E-state index in [4.69, 9.17) is 22.9 Å². The molecule has 11 amide bonds. The number of aliphatic hydroxyl groups excluding tert-OH is 1. The average molecular weight is 1530 g/mol. The Bertz CT molecular complexity index is 3790. The molecule has 1 aliphatic rings. The second-order valence-corrected chi connectivity index (χ2v) is 29.7. The number of unbranched alkanes of at least 4 members (excludes halogenated alkanes) is 1. The highest BCUT2D eigenvalue weighted by Crippen LogP contribution is 2.24. The fourth-order valence-corrected chi connectivity index (χ4v) is 12.6. The molecule has 0 saturated carbocycles. The highest BCUT2D eigenvalue weighted by Gasteiger charge is 2.42. The number of aliphatic imine (C=N–C) groups is 1. The summed E-state index contributed by atoms with van der Waals surface area (Å²) in [5, 5.41) is 61.2. The van der Waals surface area contributed by atoms with E-state index < -0.39 is 149 Å². The molecule has 0 radical (unpaired) electrons. The first-order valence-corrected chi connectivity index (χ1v) is 37.9. The van der Waals surface area contributed by atoms with Crippen LogP contribution in [0.1, 0.15) is 168 Å². The first-order chi connectivity index (χ1) is 52.1. The molecule has 2 heterocycles. The van der Waals surface area contributed by atoms with Crippen molar-refractivity contribution < 1.29 is 72.9 Å². The molecule has 0 unspecified atom stereocenters. The molecule has 32 nitrogen and oxygen atoms in total. The molecule has 3 aromatic carbocycles. The van der Waals surface area contributed by atoms with Gasteiger partial charge in [0.1, 0.15) is 71.2 Å². The minimum absolute atomic E-state index is 0.00389. The van der Waals surface area contributed by atoms with Crippen LogP contribution in [0.5, 0.6) is 5.75 Å². The molecular weight excluding hydrogens is 1410 g/mol. The summed E-state index contributed by atoms with van der Waals surface area (Å²) in [7, 11) is 0. The quantitative estimate of drug-likeness (QED) is 0.0136. The van der Waals surface area contributed by atoms with Crippen molar-refractivity contribution >= 4 is 87.8 Å². The number of allylic oxidation sites excluding steroid dienone is 2. The number of phenols is 1. The number of hydrogen-bond acceptors (Lipinski definition) is 17. The van der Waals surface area contributed by atoms with E-state index >= 15 is 9.59 Å². The van der Waals surface area contributed by atoms with Crippen LogP contribution in [0.2, 0.25) is 0 Å². The number of aromatic amines is 1. The van der Waals surface area contributed by atoms with Gasteiger partial charge < -0.3 is 102 Å². The second-order valence-electron chi connectivity index (χ2n) is 29.7. The van der Waals surface area contributed by atoms with Crippen molar-refractivity contribution in [2.45, 2.75) is 243 Å². The Kier molecular flexibility index (Phi) is 36.8. The molecule has 0 spiro atoms. The van der Waals surface area contributed by atoms with E-state index in [1.165, 1.54) is 52.0 Å². The van der Waals surface area contributed by atoms with Gasteiger partial charge in [0, 0.05) is 42.9 Å². The average Bonchev–Trinajstić information content (AvgIpc) is 1.59. The minimum atomic E-state index is -1.80. The standard InChI is InChI=1S/C78H117N17O15/c1-46(2)39-58-68(102)88-57(29-20-23-37-79)67(101)90-59(40-47(3)4)70(104)94-77(7,74(109)85-45-63(98)87-56(30-24-38-83-76(81)82)66(100)92-62(73(107)108)43-52-44-84-55-28-19-18-27-54(52)55)35-21-13-11-9-10-12-14-22-36-78(8,75(110)93-58)95-71(105)61(41-50-25-16-15-17-26-50)91-69(103)60(42-51-31-33-53(97)34-32-51)89-65(99)48(5)86-72(106)64(80)49(6)96/h9-10,15-19,25-28,31-34,44,46-49,56-62,64,84,96-97H,11-14,20-24,29-30,35-43,45,79-80H2,1-8H3,(H,85,109)(H,86,106)(H,87,98)(H,88,102)(H,89,99)(H,90,101)(H,91,103)(H,92,100)(H,93,110)(H,94,104)(H,95,105)(H,107,108)(H4,81,82,83)/b10-9+/t48-,49+,56-,57-,58-,59-,60-,61-,62-,64-,77-,78-/m0/s1. The number of guanidine groups is 1. The Labute approximate surface area is 643 Å². The highest BCUT2D eigenvalue weighted by molar-refractivity contribution is 6.01. The van der Waals surface area contributed by atoms with Crippen LogP contribution >= 0.6 is 0 Å². The fraction of sp³-hybridized carbons (Fsp3) is 0.551. The van der Waals surface area contributed by atoms with Crippen LogP contribution in [0, 0.1) is 11.8 Å². The van der Waals surface area contributed by atoms with Crippen molar-refractivity contribution in [3.05, 3.63) is 114 Å². The number of amides is 11. The summed E-state index contributed by atoms with van der Waals surface area (Å²) >= 11 is 0. The number of hydrogen-bond donors (Lipinski definition) is 19. The normalized spacial score (nSPS) is 20.7. The van der Waals surface area contributed by atoms with E-state index in [1.807, 2.05) is 58.0 Å². The first kappa shape index (κ1) is 90.1. The number of carboxylic acid groups (broad SMARTS) is 1. The zero-order valence-corrected chi connectivity index (χ0v) is 64.5. The largest absolute Gasteiger partial charge is 0.508 e. The first-order valence-electron chi connectivity index (χ1n) is 37.9. The molecule has 0 aliphatic carbocycles. The maximum atomic E-state index is 15.3. The Morgan fingerprint density at radius 1 is 0.609 bits per heavy atom. The Hall–Kier alpha value is -10.5. The topological polar surface area (TPSA) is 530 Å². The van der Waals surface area contributed by atoms with Crippen molar-refractivity contribution in [3.8, 4) is 5.75 Å². The monoisotopic (exact) mass is 1530 g/mol. The number of aliphatic hydroxyl groups is 1. The van der Waals surface area contributed by atoms with Crippen LogP contribution in [0.25, 0.3) is 10.9 Å². The molecule has 604 valence electrons. The Morgan fingerprint density at radius 3 is 1.79 bits per heavy atom. The summed E-state index contributed by atoms with van der Waals surface area (Å²) in [6, 6.07) is 9.65. The van der Waals surface area contributed by atoms with Crippen molar-refractivity contribution in [2.75, 3.05) is 19.6 Å². The highest BCUT2D eigenvalue weighted by atomic mass is 16.4. The third-order valence-electron chi connectivity index (χ3n) is 19.0. The van der Waals surface area contributed by atoms with Crippen molar-refractivity contribution in [2.24, 2.45) is 39.8 Å². The van der Waals surface area contributed by atoms with Crippen molar-refractivity contribution in [3.63, 3.8) is 0 Å². The number of aliphatic carboxylic acids is 1. The molecule has 12 atom stereocenters. The van der Waals surface area contributed by atoms with Crippen LogP contribution in [0.3, 0.4) is 0 Å². The van der Waals surface area contributed by atoms with Crippen LogP contribution in [-0.4, -0.2) is 188 Å². The maximum absolute atomic E-state index is 15.3. The number of carboxylic acids is 1. The predicted molar refractivity (Wildman–Crippen MR) is 416 cm³/mol. The van der Waals surface area contributed by atoms with E-state index in [0.717, 1.165) is 10.9 Å². The summed E-state index contributed by atoms with van der Waals surface area (Å²) in [6.45, 7) is 12.6. The molecule has 1 aromatic heterocycles. The molecule has 0 fully saturated rings. The van der Waals surface area contributed by atoms with Gasteiger partial charge in [0.05, 0.1) is 12.6 Å². The number of H-pyrrole nitrogens is 1. The number of para-hydroxylation sites is 1. The minimum Gasteiger partial charge on any atom is -0.508 e. The van der Waals surface area contributed by atoms with E-state index in [1.54, 1.807) is 42.6 Å². The molecule has 4 aromatic rings. The van der Waals surface area contributed by atoms with Crippen molar-refractivity contribution in [1.82, 2.24) is 63.5 Å². The van der Waals surface area contributed by atoms with Crippen LogP contribution < -0.4 is 81.4 Å². The van der Waals surface area contributed by atoms with Gasteiger partial charge in [0.25, 0.3) is 0 Å². The second kappa shape index (κ2) is 44.9. The number of fused-ring (bicyclic) bond motifs is 1. The lowest BCUT2D eigenvalue weighted by Gasteiger charge is -2.34. The molecule has 32 heteroatoms. The van der Waals surface area contributed by atoms with E-state index in [-0.39, 0.29) is 101 Å². The lowest BCUT2D eigenvalue weighted by atomic mass is 9.90. The molecule has 110 heavy (non-hydrogen) atoms. The number of rotatable bonds is 34. The van der Waals surface area contributed by atoms with Gasteiger partial charge in [-0.2, -0.15) is 0 Å². The number of carbonyl (C=O) groups is 12. The summed E-state index contributed by atoms with van der Waals surface area (Å²) in [4.78, 5) is 179. The summed E-state index contributed by atoms with van der Waals surface area (Å²) in [5.74, 6) is -10.9. The molecule has 5 rings (SSSR count). The number of aromatic nitrogens is 1. The van der Waals surface area contributed by atoms with Gasteiger partial charge in [-0.15, -0.1) is 0 Å². The number of benzene rings is 3. The molecule has 23 N–H and O–H groups in total. The van der Waals surface area contributed by atoms with Gasteiger partial charge >= 0.3 is 5.97 Å². The summed E-state index contributed by atoms with van der Waals surface area (Å²) in [5.41, 5.74) is 21.8. The smallest absolute Gasteiger partial charge is 0.326 e. The SMILES string of the molecule is CC(C)C[C@@H]1NC(=O)[C@H](CCCCN)NC(=O)[C@H](CC(C)C)NC(=O)[C@@](C)(NC(=O)[C@H](Cc2ccccc2)NC(=O)[C@H](Cc2ccc(O)cc2)NC(=O)[C@H](C)NC(=O)[C@@H](N)[C@@H](C)O)CCCC/C=C/CCCC[C@@](C)(C(=O)NCC(=O)N[C@@H](CCCN=C(N)N)C(=O)N[C@@H](Cc2c[nH]c3ccccc23)C(=O)O)NC1=O. The Morgan fingerprint density at radius 2 is 1.17 bits per heavy atom. The number of nitrogens with two attached hydrogens (primary N) is 4. The zero-order valence-electron chi connectivity index (χ0n) is 64.5. The maximum Gasteiger partial charge on any atom is 0.326 e. The number of nitrogens with zero attached hydrogens (tertiary/aromatic N) is 1. The van der Waals surface area contributed by atoms with E-state index in [9.17, 15) is 63.3 Å². The molecule has 0 bridgehead atoms. The lowest BCUT2D eigenvalue weighted by Crippen LogP contribution is -2.65. The van der Waals surface area contributed by atoms with Gasteiger partial charge in [-0.3, -0.25) is 57.7 Å². The third-order valence-corrected chi connectivity index (χ3v) is 19.0. The van der Waals surface area contributed by atoms with Crippen LogP contribution in [-0.2, 0) is 76.8 Å². The van der Waals surface area contributed by atoms with Crippen molar-refractivity contribution in [1.29, 1.82) is 0 Å². The summed E-state index contributed by atoms with van der Waals surface area (Å²) in [6.07, 6.45) is 7.66. The fourth-order valence-electron chi connectivity index (χ4n) is 12.6. The lowest BCUT2D eigenvalue weighted by molar-refractivity contribution is -0.142. The van der Waals surface area contributed by atoms with Gasteiger partial charge in [0.2, 0.25) is 65.0 Å². The number of carbonyl (C=O) groups excluding carboxylic acids is 11. The molecule has 0 saturated heterocycles. The zero-order chi connectivity index (χ0) is 81.3. The van der Waals surface area contributed by atoms with Gasteiger partial charge in [0.15, 0.2) is 5.96 Å². The van der Waals surface area contributed by atoms with Gasteiger partial charge in [-0.05, 0) is 164 Å². The van der Waals surface area contributed by atoms with Crippen LogP contribution in [0.15, 0.2) is 102 Å². The summed E-state index contributed by atoms with van der Waals surface area (Å²) < 4.78 is 0. The number of phenolic OH excluding ortho intramolecular Hbond substituents is 1.